The molecule has 0 aliphatic heterocycles. The van der Waals surface area contributed by atoms with Gasteiger partial charge in [0.1, 0.15) is 12.3 Å². The largest absolute Gasteiger partial charge is 0.461 e. The first-order chi connectivity index (χ1) is 11.9. The minimum atomic E-state index is -0.252. The second-order valence-electron chi connectivity index (χ2n) is 5.14. The Kier molecular flexibility index (Phi) is 9.34. The normalized spacial score (nSPS) is 13.3. The maximum Gasteiger partial charge on any atom is 0.310 e. The van der Waals surface area contributed by atoms with Crippen LogP contribution >= 0.6 is 12.6 Å². The smallest absolute Gasteiger partial charge is 0.310 e. The average molecular weight is 363 g/mol. The monoisotopic (exact) mass is 363 g/mol. The summed E-state index contributed by atoms with van der Waals surface area (Å²) < 4.78 is 10.1. The zero-order chi connectivity index (χ0) is 18.7. The number of hydrogen-bond acceptors (Lipinski definition) is 5. The third-order valence-electron chi connectivity index (χ3n) is 2.91. The minimum absolute atomic E-state index is 0.236. The highest BCUT2D eigenvalue weighted by atomic mass is 32.1. The molecule has 7 nitrogen and oxygen atoms in total. The van der Waals surface area contributed by atoms with E-state index in [4.69, 9.17) is 20.6 Å². The predicted molar refractivity (Wildman–Crippen MR) is 105 cm³/mol. The van der Waals surface area contributed by atoms with Crippen LogP contribution < -0.4 is 11.1 Å². The van der Waals surface area contributed by atoms with Crippen molar-refractivity contribution in [3.8, 4) is 0 Å². The molecule has 0 fully saturated rings. The van der Waals surface area contributed by atoms with Crippen molar-refractivity contribution in [1.82, 2.24) is 5.32 Å². The lowest BCUT2D eigenvalue weighted by Gasteiger charge is -2.13. The van der Waals surface area contributed by atoms with Gasteiger partial charge in [-0.3, -0.25) is 0 Å². The molecule has 1 aromatic rings. The van der Waals surface area contributed by atoms with Crippen LogP contribution in [0.1, 0.15) is 19.4 Å². The SMILES string of the molecule is COCCOC(=N)/N=C(/NCc1ccccc1)C(/N=C(\C)S)=C(C)N. The van der Waals surface area contributed by atoms with Gasteiger partial charge in [-0.2, -0.15) is 4.99 Å². The molecule has 0 saturated heterocycles. The molecule has 4 N–H and O–H groups in total. The highest BCUT2D eigenvalue weighted by Crippen LogP contribution is 2.07. The van der Waals surface area contributed by atoms with Crippen molar-refractivity contribution in [1.29, 1.82) is 5.41 Å². The second kappa shape index (κ2) is 11.3. The topological polar surface area (TPSA) is 105 Å². The Bertz CT molecular complexity index is 648. The zero-order valence-corrected chi connectivity index (χ0v) is 15.6. The minimum Gasteiger partial charge on any atom is -0.461 e. The molecule has 0 radical (unpaired) electrons. The highest BCUT2D eigenvalue weighted by molar-refractivity contribution is 7.96. The molecule has 0 aromatic heterocycles. The van der Waals surface area contributed by atoms with E-state index in [1.54, 1.807) is 21.0 Å². The first kappa shape index (κ1) is 20.7. The van der Waals surface area contributed by atoms with Gasteiger partial charge < -0.3 is 20.5 Å². The van der Waals surface area contributed by atoms with E-state index in [1.165, 1.54) is 0 Å². The highest BCUT2D eigenvalue weighted by Gasteiger charge is 2.11. The van der Waals surface area contributed by atoms with Gasteiger partial charge in [-0.25, -0.2) is 10.4 Å². The molecule has 0 spiro atoms. The van der Waals surface area contributed by atoms with Crippen LogP contribution in [-0.2, 0) is 16.0 Å². The Labute approximate surface area is 154 Å². The van der Waals surface area contributed by atoms with E-state index in [0.717, 1.165) is 5.56 Å². The standard InChI is InChI=1S/C17H25N5O2S/c1-12(18)15(21-13(2)25)16(22-17(19)24-10-9-23-3)20-11-14-7-5-4-6-8-14/h4-8H,9-11,18H2,1-3H3,(H,21,25)(H2,19,20,22). The fourth-order valence-corrected chi connectivity index (χ4v) is 1.90. The summed E-state index contributed by atoms with van der Waals surface area (Å²) in [5.74, 6) is 0.347. The van der Waals surface area contributed by atoms with Crippen LogP contribution in [0.3, 0.4) is 0 Å². The Hall–Kier alpha value is -2.32. The predicted octanol–water partition coefficient (Wildman–Crippen LogP) is 2.31. The molecule has 0 atom stereocenters. The first-order valence-corrected chi connectivity index (χ1v) is 8.16. The molecule has 0 heterocycles. The number of nitrogens with zero attached hydrogens (tertiary/aromatic N) is 2. The van der Waals surface area contributed by atoms with Crippen molar-refractivity contribution in [2.75, 3.05) is 20.3 Å². The Balaban J connectivity index is 3.01. The van der Waals surface area contributed by atoms with Gasteiger partial charge >= 0.3 is 6.02 Å². The summed E-state index contributed by atoms with van der Waals surface area (Å²) in [5.41, 5.74) is 7.87. The molecule has 136 valence electrons. The number of nitrogens with one attached hydrogen (secondary N) is 2. The maximum absolute atomic E-state index is 7.86. The van der Waals surface area contributed by atoms with Crippen LogP contribution in [0.15, 0.2) is 51.7 Å². The van der Waals surface area contributed by atoms with Gasteiger partial charge in [0.15, 0.2) is 5.84 Å². The fraction of sp³-hybridized carbons (Fsp3) is 0.353. The summed E-state index contributed by atoms with van der Waals surface area (Å²) in [5, 5.41) is 11.6. The Morgan fingerprint density at radius 2 is 1.88 bits per heavy atom. The molecule has 8 heteroatoms. The molecule has 0 aliphatic carbocycles. The number of benzene rings is 1. The number of rotatable bonds is 7. The summed E-state index contributed by atoms with van der Waals surface area (Å²) in [7, 11) is 1.56. The quantitative estimate of drug-likeness (QED) is 0.258. The lowest BCUT2D eigenvalue weighted by atomic mass is 10.2. The van der Waals surface area contributed by atoms with Crippen LogP contribution in [0.5, 0.6) is 0 Å². The lowest BCUT2D eigenvalue weighted by Crippen LogP contribution is -2.28. The van der Waals surface area contributed by atoms with Crippen molar-refractivity contribution >= 4 is 29.5 Å². The van der Waals surface area contributed by atoms with Crippen molar-refractivity contribution in [3.63, 3.8) is 0 Å². The van der Waals surface area contributed by atoms with E-state index in [-0.39, 0.29) is 12.6 Å². The third kappa shape index (κ3) is 8.37. The number of methoxy groups -OCH3 is 1. The molecule has 0 aliphatic rings. The van der Waals surface area contributed by atoms with Crippen molar-refractivity contribution < 1.29 is 9.47 Å². The molecule has 0 unspecified atom stereocenters. The van der Waals surface area contributed by atoms with Crippen molar-refractivity contribution in [2.24, 2.45) is 15.7 Å². The summed E-state index contributed by atoms with van der Waals surface area (Å²) in [6.45, 7) is 4.56. The van der Waals surface area contributed by atoms with Gasteiger partial charge in [0.2, 0.25) is 0 Å². The van der Waals surface area contributed by atoms with Crippen molar-refractivity contribution in [3.05, 3.63) is 47.3 Å². The number of aliphatic imine (C=N–C) groups is 2. The van der Waals surface area contributed by atoms with E-state index in [0.29, 0.717) is 35.4 Å². The lowest BCUT2D eigenvalue weighted by molar-refractivity contribution is 0.139. The third-order valence-corrected chi connectivity index (χ3v) is 3.01. The number of ether oxygens (including phenoxy) is 2. The molecule has 1 rings (SSSR count). The van der Waals surface area contributed by atoms with Crippen LogP contribution in [0.2, 0.25) is 0 Å². The van der Waals surface area contributed by atoms with E-state index >= 15 is 0 Å². The first-order valence-electron chi connectivity index (χ1n) is 7.71. The molecule has 0 saturated carbocycles. The molecular weight excluding hydrogens is 338 g/mol. The molecule has 0 amide bonds. The fourth-order valence-electron chi connectivity index (χ4n) is 1.80. The van der Waals surface area contributed by atoms with Gasteiger partial charge in [0.25, 0.3) is 0 Å². The summed E-state index contributed by atoms with van der Waals surface area (Å²) in [6.07, 6.45) is 0. The maximum atomic E-state index is 7.86. The number of allylic oxidation sites excluding steroid dienone is 1. The Morgan fingerprint density at radius 1 is 1.20 bits per heavy atom. The zero-order valence-electron chi connectivity index (χ0n) is 14.7. The van der Waals surface area contributed by atoms with Crippen LogP contribution in [0, 0.1) is 5.41 Å². The molecule has 25 heavy (non-hydrogen) atoms. The van der Waals surface area contributed by atoms with Gasteiger partial charge in [-0.1, -0.05) is 30.3 Å². The van der Waals surface area contributed by atoms with E-state index in [9.17, 15) is 0 Å². The van der Waals surface area contributed by atoms with Gasteiger partial charge in [-0.15, -0.1) is 12.6 Å². The van der Waals surface area contributed by atoms with E-state index < -0.39 is 0 Å². The van der Waals surface area contributed by atoms with Crippen LogP contribution in [0.4, 0.5) is 0 Å². The van der Waals surface area contributed by atoms with E-state index in [2.05, 4.69) is 27.9 Å². The van der Waals surface area contributed by atoms with Gasteiger partial charge in [0.05, 0.1) is 11.7 Å². The number of thiol groups is 1. The van der Waals surface area contributed by atoms with Gasteiger partial charge in [0, 0.05) is 19.4 Å². The number of hydrogen-bond donors (Lipinski definition) is 4. The molecular formula is C17H25N5O2S. The van der Waals surface area contributed by atoms with Crippen molar-refractivity contribution in [2.45, 2.75) is 20.4 Å². The number of nitrogens with two attached hydrogens (primary N) is 1. The second-order valence-corrected chi connectivity index (χ2v) is 5.78. The average Bonchev–Trinajstić information content (AvgIpc) is 2.57. The van der Waals surface area contributed by atoms with Gasteiger partial charge in [-0.05, 0) is 19.4 Å². The summed E-state index contributed by atoms with van der Waals surface area (Å²) >= 11 is 4.20. The molecule has 1 aromatic carbocycles. The number of amidine groups is 2. The summed E-state index contributed by atoms with van der Waals surface area (Å²) in [6, 6.07) is 9.56. The van der Waals surface area contributed by atoms with Crippen LogP contribution in [-0.4, -0.2) is 37.2 Å². The Morgan fingerprint density at radius 3 is 2.44 bits per heavy atom. The summed E-state index contributed by atoms with van der Waals surface area (Å²) in [4.78, 5) is 8.47. The van der Waals surface area contributed by atoms with E-state index in [1.807, 2.05) is 30.3 Å². The van der Waals surface area contributed by atoms with Crippen LogP contribution in [0.25, 0.3) is 0 Å². The molecule has 0 bridgehead atoms.